The smallest absolute Gasteiger partial charge is 0.125 e. The molecule has 0 atom stereocenters. The van der Waals surface area contributed by atoms with E-state index in [1.165, 1.54) is 31.4 Å². The Morgan fingerprint density at radius 1 is 1.28 bits per heavy atom. The van der Waals surface area contributed by atoms with Gasteiger partial charge in [0.15, 0.2) is 0 Å². The van der Waals surface area contributed by atoms with Crippen molar-refractivity contribution in [3.8, 4) is 0 Å². The van der Waals surface area contributed by atoms with Gasteiger partial charge in [-0.15, -0.1) is 0 Å². The summed E-state index contributed by atoms with van der Waals surface area (Å²) in [4.78, 5) is 0. The van der Waals surface area contributed by atoms with Crippen molar-refractivity contribution in [2.45, 2.75) is 32.1 Å². The summed E-state index contributed by atoms with van der Waals surface area (Å²) in [5, 5.41) is 9.87. The zero-order valence-electron chi connectivity index (χ0n) is 10.3. The maximum atomic E-state index is 13.2. The number of hydrogen-bond acceptors (Lipinski definition) is 1. The highest BCUT2D eigenvalue weighted by Gasteiger charge is 2.17. The summed E-state index contributed by atoms with van der Waals surface area (Å²) in [5.74, 6) is 0.0977. The first-order valence-electron chi connectivity index (χ1n) is 6.46. The molecule has 98 valence electrons. The Bertz CT molecular complexity index is 416. The number of benzene rings is 1. The van der Waals surface area contributed by atoms with Crippen molar-refractivity contribution < 1.29 is 9.50 Å². The molecule has 18 heavy (non-hydrogen) atoms. The van der Waals surface area contributed by atoms with Gasteiger partial charge >= 0.3 is 0 Å². The number of aliphatic hydroxyl groups excluding tert-OH is 1. The van der Waals surface area contributed by atoms with E-state index in [0.29, 0.717) is 10.9 Å². The molecule has 0 aliphatic heterocycles. The van der Waals surface area contributed by atoms with Crippen LogP contribution in [0.4, 0.5) is 4.39 Å². The third kappa shape index (κ3) is 3.56. The summed E-state index contributed by atoms with van der Waals surface area (Å²) in [6.07, 6.45) is 7.83. The summed E-state index contributed by atoms with van der Waals surface area (Å²) in [6.45, 7) is 0.0405. The highest BCUT2D eigenvalue weighted by atomic mass is 35.5. The Morgan fingerprint density at radius 2 is 2.00 bits per heavy atom. The van der Waals surface area contributed by atoms with Gasteiger partial charge in [0.25, 0.3) is 0 Å². The van der Waals surface area contributed by atoms with Crippen molar-refractivity contribution in [3.05, 3.63) is 40.2 Å². The molecule has 0 heterocycles. The van der Waals surface area contributed by atoms with Crippen molar-refractivity contribution in [2.24, 2.45) is 5.92 Å². The Labute approximate surface area is 112 Å². The van der Waals surface area contributed by atoms with Gasteiger partial charge in [0.05, 0.1) is 6.61 Å². The molecule has 2 rings (SSSR count). The van der Waals surface area contributed by atoms with Crippen LogP contribution in [0.15, 0.2) is 23.8 Å². The van der Waals surface area contributed by atoms with Crippen LogP contribution >= 0.6 is 11.6 Å². The van der Waals surface area contributed by atoms with Crippen molar-refractivity contribution in [1.29, 1.82) is 0 Å². The number of halogens is 2. The summed E-state index contributed by atoms with van der Waals surface area (Å²) >= 11 is 5.83. The largest absolute Gasteiger partial charge is 0.392 e. The fourth-order valence-corrected chi connectivity index (χ4v) is 2.87. The molecule has 1 aromatic carbocycles. The molecule has 1 aromatic rings. The lowest BCUT2D eigenvalue weighted by Gasteiger charge is -2.23. The highest BCUT2D eigenvalue weighted by molar-refractivity contribution is 6.30. The summed E-state index contributed by atoms with van der Waals surface area (Å²) < 4.78 is 13.2. The first kappa shape index (κ1) is 13.6. The van der Waals surface area contributed by atoms with Gasteiger partial charge in [-0.05, 0) is 48.1 Å². The molecule has 0 saturated heterocycles. The Hall–Kier alpha value is -0.860. The maximum Gasteiger partial charge on any atom is 0.125 e. The molecular weight excluding hydrogens is 251 g/mol. The van der Waals surface area contributed by atoms with E-state index in [9.17, 15) is 9.50 Å². The Morgan fingerprint density at radius 3 is 2.61 bits per heavy atom. The van der Waals surface area contributed by atoms with Crippen LogP contribution in [0, 0.1) is 11.7 Å². The lowest BCUT2D eigenvalue weighted by atomic mass is 9.83. The minimum atomic E-state index is -0.338. The summed E-state index contributed by atoms with van der Waals surface area (Å²) in [7, 11) is 0. The van der Waals surface area contributed by atoms with Crippen LogP contribution in [0.3, 0.4) is 0 Å². The normalized spacial score (nSPS) is 18.1. The third-order valence-corrected chi connectivity index (χ3v) is 3.77. The number of aliphatic hydroxyl groups is 1. The monoisotopic (exact) mass is 268 g/mol. The molecule has 3 heteroatoms. The lowest BCUT2D eigenvalue weighted by molar-refractivity contribution is 0.295. The van der Waals surface area contributed by atoms with Crippen LogP contribution < -0.4 is 0 Å². The van der Waals surface area contributed by atoms with Crippen LogP contribution in [0.2, 0.25) is 5.02 Å². The molecule has 0 spiro atoms. The van der Waals surface area contributed by atoms with Crippen LogP contribution in [-0.2, 0) is 0 Å². The van der Waals surface area contributed by atoms with Gasteiger partial charge in [-0.2, -0.15) is 0 Å². The van der Waals surface area contributed by atoms with E-state index in [0.717, 1.165) is 24.0 Å². The minimum Gasteiger partial charge on any atom is -0.392 e. The van der Waals surface area contributed by atoms with Crippen LogP contribution in [0.25, 0.3) is 6.08 Å². The molecule has 1 saturated carbocycles. The van der Waals surface area contributed by atoms with Gasteiger partial charge in [-0.1, -0.05) is 36.9 Å². The standard InChI is InChI=1S/C15H18ClFO/c16-14-7-11(8-15(17)9-14)6-13(10-18)12-4-2-1-3-5-12/h6-9,12,18H,1-5,10H2/b13-6-. The molecule has 1 aliphatic carbocycles. The van der Waals surface area contributed by atoms with Crippen LogP contribution in [0.5, 0.6) is 0 Å². The molecule has 1 N–H and O–H groups in total. The van der Waals surface area contributed by atoms with Gasteiger partial charge in [-0.25, -0.2) is 4.39 Å². The van der Waals surface area contributed by atoms with Gasteiger partial charge in [0, 0.05) is 5.02 Å². The van der Waals surface area contributed by atoms with Crippen molar-refractivity contribution in [3.63, 3.8) is 0 Å². The fourth-order valence-electron chi connectivity index (χ4n) is 2.64. The lowest BCUT2D eigenvalue weighted by Crippen LogP contribution is -2.11. The van der Waals surface area contributed by atoms with E-state index < -0.39 is 0 Å². The van der Waals surface area contributed by atoms with E-state index in [2.05, 4.69) is 0 Å². The van der Waals surface area contributed by atoms with E-state index in [4.69, 9.17) is 11.6 Å². The predicted molar refractivity (Wildman–Crippen MR) is 73.0 cm³/mol. The molecule has 1 nitrogen and oxygen atoms in total. The maximum absolute atomic E-state index is 13.2. The molecule has 0 amide bonds. The second kappa shape index (κ2) is 6.35. The van der Waals surface area contributed by atoms with Crippen molar-refractivity contribution in [2.75, 3.05) is 6.61 Å². The fraction of sp³-hybridized carbons (Fsp3) is 0.467. The molecule has 0 radical (unpaired) electrons. The van der Waals surface area contributed by atoms with E-state index in [1.54, 1.807) is 6.07 Å². The third-order valence-electron chi connectivity index (χ3n) is 3.55. The minimum absolute atomic E-state index is 0.0405. The molecule has 0 unspecified atom stereocenters. The zero-order valence-corrected chi connectivity index (χ0v) is 11.1. The first-order chi connectivity index (χ1) is 8.69. The highest BCUT2D eigenvalue weighted by Crippen LogP contribution is 2.31. The predicted octanol–water partition coefficient (Wildman–Crippen LogP) is 4.44. The van der Waals surface area contributed by atoms with Crippen molar-refractivity contribution >= 4 is 17.7 Å². The summed E-state index contributed by atoms with van der Waals surface area (Å²) in [5.41, 5.74) is 1.73. The average Bonchev–Trinajstić information content (AvgIpc) is 2.36. The first-order valence-corrected chi connectivity index (χ1v) is 6.84. The average molecular weight is 269 g/mol. The SMILES string of the molecule is OC/C(=C/c1cc(F)cc(Cl)c1)C1CCCCC1. The second-order valence-corrected chi connectivity index (χ2v) is 5.35. The van der Waals surface area contributed by atoms with Gasteiger partial charge in [-0.3, -0.25) is 0 Å². The Balaban J connectivity index is 2.22. The van der Waals surface area contributed by atoms with Crippen LogP contribution in [-0.4, -0.2) is 11.7 Å². The Kier molecular flexibility index (Phi) is 4.79. The molecule has 0 bridgehead atoms. The second-order valence-electron chi connectivity index (χ2n) is 4.92. The van der Waals surface area contributed by atoms with Gasteiger partial charge in [0.2, 0.25) is 0 Å². The van der Waals surface area contributed by atoms with Gasteiger partial charge < -0.3 is 5.11 Å². The molecule has 0 aromatic heterocycles. The number of rotatable bonds is 3. The molecule has 1 fully saturated rings. The van der Waals surface area contributed by atoms with Crippen molar-refractivity contribution in [1.82, 2.24) is 0 Å². The van der Waals surface area contributed by atoms with E-state index in [-0.39, 0.29) is 12.4 Å². The van der Waals surface area contributed by atoms with E-state index >= 15 is 0 Å². The summed E-state index contributed by atoms with van der Waals surface area (Å²) in [6, 6.07) is 4.46. The molecule has 1 aliphatic rings. The zero-order chi connectivity index (χ0) is 13.0. The van der Waals surface area contributed by atoms with E-state index in [1.807, 2.05) is 6.08 Å². The topological polar surface area (TPSA) is 20.2 Å². The van der Waals surface area contributed by atoms with Crippen LogP contribution in [0.1, 0.15) is 37.7 Å². The quantitative estimate of drug-likeness (QED) is 0.860. The molecular formula is C15H18ClFO. The number of hydrogen-bond donors (Lipinski definition) is 1. The van der Waals surface area contributed by atoms with Gasteiger partial charge in [0.1, 0.15) is 5.82 Å².